The maximum Gasteiger partial charge on any atom is 0.313 e. The molecule has 0 rings (SSSR count). The molecule has 0 heterocycles. The molecule has 0 atom stereocenters. The van der Waals surface area contributed by atoms with Crippen LogP contribution in [0.15, 0.2) is 0 Å². The van der Waals surface area contributed by atoms with Crippen LogP contribution in [0.3, 0.4) is 0 Å². The number of hydrogen-bond acceptors (Lipinski definition) is 7. The van der Waals surface area contributed by atoms with E-state index in [1.54, 1.807) is 0 Å². The normalized spacial score (nSPS) is 10.3. The molecule has 0 aromatic heterocycles. The third-order valence-corrected chi connectivity index (χ3v) is 4.69. The number of carbonyl (C=O) groups excluding carboxylic acids is 4. The summed E-state index contributed by atoms with van der Waals surface area (Å²) in [7, 11) is 0. The number of hydrogen-bond donors (Lipinski definition) is 0. The zero-order valence-corrected chi connectivity index (χ0v) is 15.6. The van der Waals surface area contributed by atoms with Crippen molar-refractivity contribution in [3.63, 3.8) is 0 Å². The lowest BCUT2D eigenvalue weighted by Crippen LogP contribution is -2.11. The van der Waals surface area contributed by atoms with Gasteiger partial charge in [-0.1, -0.05) is 36.4 Å². The van der Waals surface area contributed by atoms with Gasteiger partial charge in [-0.05, 0) is 25.7 Å². The smallest absolute Gasteiger partial charge is 0.313 e. The molecule has 0 bridgehead atoms. The number of carbonyl (C=O) groups is 4. The molecule has 0 amide bonds. The Balaban J connectivity index is 3.46. The summed E-state index contributed by atoms with van der Waals surface area (Å²) in [6.45, 7) is 3.08. The molecule has 0 aliphatic rings. The fourth-order valence-corrected chi connectivity index (χ4v) is 3.03. The Morgan fingerprint density at radius 1 is 0.652 bits per heavy atom. The molecule has 0 fully saturated rings. The Bertz CT molecular complexity index is 360. The van der Waals surface area contributed by atoms with Crippen LogP contribution in [0, 0.1) is 0 Å². The second kappa shape index (κ2) is 14.8. The van der Waals surface area contributed by atoms with Crippen LogP contribution in [-0.2, 0) is 23.9 Å². The maximum absolute atomic E-state index is 11.5. The van der Waals surface area contributed by atoms with Crippen LogP contribution in [-0.4, -0.2) is 33.7 Å². The predicted molar refractivity (Wildman–Crippen MR) is 94.3 cm³/mol. The highest BCUT2D eigenvalue weighted by Gasteiger charge is 2.10. The molecule has 23 heavy (non-hydrogen) atoms. The lowest BCUT2D eigenvalue weighted by molar-refractivity contribution is -0.159. The molecule has 0 aromatic rings. The SMILES string of the molecule is CC(=O)SCCCCCC(=O)OC(=O)CCCCCSC(C)=O. The van der Waals surface area contributed by atoms with Crippen LogP contribution in [0.5, 0.6) is 0 Å². The Kier molecular flexibility index (Phi) is 14.2. The topological polar surface area (TPSA) is 77.5 Å². The third kappa shape index (κ3) is 17.4. The monoisotopic (exact) mass is 362 g/mol. The van der Waals surface area contributed by atoms with Gasteiger partial charge in [0.05, 0.1) is 0 Å². The summed E-state index contributed by atoms with van der Waals surface area (Å²) in [5.74, 6) is 0.596. The molecule has 5 nitrogen and oxygen atoms in total. The van der Waals surface area contributed by atoms with Gasteiger partial charge in [0.25, 0.3) is 0 Å². The van der Waals surface area contributed by atoms with Crippen LogP contribution in [0.25, 0.3) is 0 Å². The summed E-state index contributed by atoms with van der Waals surface area (Å²) in [5.41, 5.74) is 0. The van der Waals surface area contributed by atoms with Crippen molar-refractivity contribution in [2.45, 2.75) is 65.2 Å². The van der Waals surface area contributed by atoms with Gasteiger partial charge in [0, 0.05) is 38.2 Å². The zero-order valence-electron chi connectivity index (χ0n) is 13.9. The van der Waals surface area contributed by atoms with Crippen LogP contribution in [0.4, 0.5) is 0 Å². The first kappa shape index (κ1) is 22.2. The molecular weight excluding hydrogens is 336 g/mol. The van der Waals surface area contributed by atoms with E-state index in [1.807, 2.05) is 0 Å². The average Bonchev–Trinajstić information content (AvgIpc) is 2.45. The van der Waals surface area contributed by atoms with Crippen molar-refractivity contribution < 1.29 is 23.9 Å². The molecule has 0 spiro atoms. The molecule has 7 heteroatoms. The Morgan fingerprint density at radius 3 is 1.39 bits per heavy atom. The predicted octanol–water partition coefficient (Wildman–Crippen LogP) is 3.74. The summed E-state index contributed by atoms with van der Waals surface area (Å²) in [4.78, 5) is 44.4. The molecule has 132 valence electrons. The zero-order chi connectivity index (χ0) is 17.5. The van der Waals surface area contributed by atoms with Crippen molar-refractivity contribution in [1.29, 1.82) is 0 Å². The Hall–Kier alpha value is -0.820. The van der Waals surface area contributed by atoms with Crippen LogP contribution in [0.2, 0.25) is 0 Å². The van der Waals surface area contributed by atoms with Crippen molar-refractivity contribution in [3.8, 4) is 0 Å². The summed E-state index contributed by atoms with van der Waals surface area (Å²) < 4.78 is 4.74. The molecule has 0 radical (unpaired) electrons. The number of unbranched alkanes of at least 4 members (excludes halogenated alkanes) is 4. The largest absolute Gasteiger partial charge is 0.393 e. The van der Waals surface area contributed by atoms with Crippen LogP contribution in [0.1, 0.15) is 65.2 Å². The second-order valence-electron chi connectivity index (χ2n) is 5.15. The Labute approximate surface area is 146 Å². The van der Waals surface area contributed by atoms with Gasteiger partial charge in [-0.25, -0.2) is 0 Å². The second-order valence-corrected chi connectivity index (χ2v) is 7.69. The highest BCUT2D eigenvalue weighted by Crippen LogP contribution is 2.10. The minimum Gasteiger partial charge on any atom is -0.393 e. The first-order valence-electron chi connectivity index (χ1n) is 7.92. The van der Waals surface area contributed by atoms with E-state index in [4.69, 9.17) is 4.74 Å². The van der Waals surface area contributed by atoms with Crippen molar-refractivity contribution in [2.75, 3.05) is 11.5 Å². The van der Waals surface area contributed by atoms with E-state index in [9.17, 15) is 19.2 Å². The van der Waals surface area contributed by atoms with Crippen molar-refractivity contribution in [1.82, 2.24) is 0 Å². The van der Waals surface area contributed by atoms with Gasteiger partial charge >= 0.3 is 11.9 Å². The molecule has 0 saturated heterocycles. The number of rotatable bonds is 12. The van der Waals surface area contributed by atoms with Crippen LogP contribution < -0.4 is 0 Å². The van der Waals surface area contributed by atoms with Crippen molar-refractivity contribution in [2.24, 2.45) is 0 Å². The lowest BCUT2D eigenvalue weighted by atomic mass is 10.2. The summed E-state index contributed by atoms with van der Waals surface area (Å²) in [6.07, 6.45) is 5.28. The number of ether oxygens (including phenoxy) is 1. The van der Waals surface area contributed by atoms with Gasteiger partial charge < -0.3 is 4.74 Å². The van der Waals surface area contributed by atoms with Crippen LogP contribution >= 0.6 is 23.5 Å². The van der Waals surface area contributed by atoms with E-state index in [1.165, 1.54) is 37.4 Å². The summed E-state index contributed by atoms with van der Waals surface area (Å²) in [6, 6.07) is 0. The van der Waals surface area contributed by atoms with Gasteiger partial charge in [-0.3, -0.25) is 19.2 Å². The van der Waals surface area contributed by atoms with Gasteiger partial charge in [0.2, 0.25) is 0 Å². The number of thioether (sulfide) groups is 2. The molecule has 0 saturated carbocycles. The van der Waals surface area contributed by atoms with Gasteiger partial charge in [0.15, 0.2) is 10.2 Å². The summed E-state index contributed by atoms with van der Waals surface area (Å²) >= 11 is 2.57. The average molecular weight is 363 g/mol. The highest BCUT2D eigenvalue weighted by molar-refractivity contribution is 8.13. The highest BCUT2D eigenvalue weighted by atomic mass is 32.2. The van der Waals surface area contributed by atoms with E-state index in [2.05, 4.69) is 0 Å². The van der Waals surface area contributed by atoms with Crippen molar-refractivity contribution >= 4 is 45.7 Å². The van der Waals surface area contributed by atoms with Crippen molar-refractivity contribution in [3.05, 3.63) is 0 Å². The standard InChI is InChI=1S/C16H26O5S2/c1-13(17)22-11-7-3-5-9-15(19)21-16(20)10-6-4-8-12-23-14(2)18/h3-12H2,1-2H3. The third-order valence-electron chi connectivity index (χ3n) is 2.89. The summed E-state index contributed by atoms with van der Waals surface area (Å²) in [5, 5.41) is 0.213. The molecule has 0 unspecified atom stereocenters. The van der Waals surface area contributed by atoms with E-state index in [0.29, 0.717) is 12.8 Å². The van der Waals surface area contributed by atoms with Gasteiger partial charge in [-0.15, -0.1) is 0 Å². The Morgan fingerprint density at radius 2 is 1.04 bits per heavy atom. The van der Waals surface area contributed by atoms with Gasteiger partial charge in [0.1, 0.15) is 0 Å². The van der Waals surface area contributed by atoms with E-state index in [0.717, 1.165) is 37.2 Å². The molecule has 0 aliphatic carbocycles. The molecule has 0 aliphatic heterocycles. The molecule has 0 aromatic carbocycles. The number of esters is 2. The fraction of sp³-hybridized carbons (Fsp3) is 0.750. The van der Waals surface area contributed by atoms with E-state index >= 15 is 0 Å². The minimum absolute atomic E-state index is 0.106. The lowest BCUT2D eigenvalue weighted by Gasteiger charge is -2.03. The fourth-order valence-electron chi connectivity index (χ4n) is 1.76. The first-order valence-corrected chi connectivity index (χ1v) is 9.89. The molecular formula is C16H26O5S2. The maximum atomic E-state index is 11.5. The quantitative estimate of drug-likeness (QED) is 0.297. The first-order chi connectivity index (χ1) is 10.9. The van der Waals surface area contributed by atoms with E-state index < -0.39 is 11.9 Å². The molecule has 0 N–H and O–H groups in total. The minimum atomic E-state index is -0.471. The van der Waals surface area contributed by atoms with E-state index in [-0.39, 0.29) is 23.1 Å². The van der Waals surface area contributed by atoms with Gasteiger partial charge in [-0.2, -0.15) is 0 Å².